The molecule has 0 aliphatic rings. The van der Waals surface area contributed by atoms with Gasteiger partial charge in [-0.3, -0.25) is 9.59 Å². The zero-order valence-electron chi connectivity index (χ0n) is 10.4. The number of hydrogen-bond acceptors (Lipinski definition) is 3. The van der Waals surface area contributed by atoms with E-state index in [2.05, 4.69) is 15.5 Å². The van der Waals surface area contributed by atoms with Gasteiger partial charge in [0.15, 0.2) is 5.69 Å². The quantitative estimate of drug-likeness (QED) is 0.856. The number of nitrogens with one attached hydrogen (secondary N) is 2. The molecule has 94 valence electrons. The fourth-order valence-corrected chi connectivity index (χ4v) is 1.67. The molecule has 1 amide bonds. The standard InChI is InChI=1S/C13H15N3O2/c1-8(2)7-14-13(18)11-9-5-3-4-6-10(9)12(17)16-15-11/h3-6,8H,7H2,1-2H3,(H,14,18)(H,16,17). The molecule has 0 aliphatic heterocycles. The van der Waals surface area contributed by atoms with E-state index >= 15 is 0 Å². The summed E-state index contributed by atoms with van der Waals surface area (Å²) in [5.41, 5.74) is -0.0307. The molecule has 2 N–H and O–H groups in total. The highest BCUT2D eigenvalue weighted by atomic mass is 16.2. The lowest BCUT2D eigenvalue weighted by atomic mass is 10.1. The molecule has 0 spiro atoms. The van der Waals surface area contributed by atoms with Crippen LogP contribution < -0.4 is 10.9 Å². The van der Waals surface area contributed by atoms with Crippen LogP contribution in [0.4, 0.5) is 0 Å². The van der Waals surface area contributed by atoms with Gasteiger partial charge in [0.2, 0.25) is 0 Å². The van der Waals surface area contributed by atoms with Crippen LogP contribution in [0.15, 0.2) is 29.1 Å². The van der Waals surface area contributed by atoms with Crippen LogP contribution in [-0.4, -0.2) is 22.6 Å². The number of hydrogen-bond donors (Lipinski definition) is 2. The van der Waals surface area contributed by atoms with E-state index in [-0.39, 0.29) is 17.2 Å². The Hall–Kier alpha value is -2.17. The van der Waals surface area contributed by atoms with Crippen molar-refractivity contribution in [2.75, 3.05) is 6.54 Å². The maximum atomic E-state index is 12.0. The third kappa shape index (κ3) is 2.40. The lowest BCUT2D eigenvalue weighted by Crippen LogP contribution is -2.29. The highest BCUT2D eigenvalue weighted by Crippen LogP contribution is 2.12. The third-order valence-electron chi connectivity index (χ3n) is 2.58. The summed E-state index contributed by atoms with van der Waals surface area (Å²) in [4.78, 5) is 23.5. The average Bonchev–Trinajstić information content (AvgIpc) is 2.37. The number of aromatic amines is 1. The van der Waals surface area contributed by atoms with Gasteiger partial charge in [-0.25, -0.2) is 5.10 Å². The zero-order valence-corrected chi connectivity index (χ0v) is 10.4. The smallest absolute Gasteiger partial charge is 0.272 e. The number of fused-ring (bicyclic) bond motifs is 1. The van der Waals surface area contributed by atoms with E-state index in [1.165, 1.54) is 0 Å². The number of H-pyrrole nitrogens is 1. The third-order valence-corrected chi connectivity index (χ3v) is 2.58. The van der Waals surface area contributed by atoms with Gasteiger partial charge in [-0.1, -0.05) is 32.0 Å². The number of carbonyl (C=O) groups is 1. The van der Waals surface area contributed by atoms with Gasteiger partial charge >= 0.3 is 0 Å². The largest absolute Gasteiger partial charge is 0.350 e. The number of aromatic nitrogens is 2. The topological polar surface area (TPSA) is 74.8 Å². The van der Waals surface area contributed by atoms with Crippen molar-refractivity contribution in [3.8, 4) is 0 Å². The Kier molecular flexibility index (Phi) is 3.41. The van der Waals surface area contributed by atoms with Crippen LogP contribution in [-0.2, 0) is 0 Å². The Bertz CT molecular complexity index is 631. The highest BCUT2D eigenvalue weighted by Gasteiger charge is 2.13. The maximum Gasteiger partial charge on any atom is 0.272 e. The molecule has 0 saturated heterocycles. The Morgan fingerprint density at radius 2 is 2.00 bits per heavy atom. The minimum absolute atomic E-state index is 0.255. The molecule has 0 atom stereocenters. The molecule has 0 radical (unpaired) electrons. The summed E-state index contributed by atoms with van der Waals surface area (Å²) in [6, 6.07) is 6.94. The van der Waals surface area contributed by atoms with Gasteiger partial charge in [0.1, 0.15) is 0 Å². The van der Waals surface area contributed by atoms with E-state index < -0.39 is 0 Å². The van der Waals surface area contributed by atoms with Crippen LogP contribution in [0, 0.1) is 5.92 Å². The molecule has 1 heterocycles. The molecule has 0 fully saturated rings. The predicted octanol–water partition coefficient (Wildman–Crippen LogP) is 1.31. The highest BCUT2D eigenvalue weighted by molar-refractivity contribution is 6.04. The molecule has 1 aromatic heterocycles. The van der Waals surface area contributed by atoms with Crippen LogP contribution in [0.1, 0.15) is 24.3 Å². The number of nitrogens with zero attached hydrogens (tertiary/aromatic N) is 1. The zero-order chi connectivity index (χ0) is 13.1. The first-order chi connectivity index (χ1) is 8.59. The second-order valence-corrected chi connectivity index (χ2v) is 4.55. The molecule has 18 heavy (non-hydrogen) atoms. The van der Waals surface area contributed by atoms with Crippen LogP contribution in [0.3, 0.4) is 0 Å². The predicted molar refractivity (Wildman–Crippen MR) is 69.5 cm³/mol. The van der Waals surface area contributed by atoms with Gasteiger partial charge in [0.25, 0.3) is 11.5 Å². The Labute approximate surface area is 104 Å². The van der Waals surface area contributed by atoms with Crippen LogP contribution in [0.2, 0.25) is 0 Å². The van der Waals surface area contributed by atoms with Crippen LogP contribution in [0.25, 0.3) is 10.8 Å². The minimum Gasteiger partial charge on any atom is -0.350 e. The van der Waals surface area contributed by atoms with Gasteiger partial charge < -0.3 is 5.32 Å². The first kappa shape index (κ1) is 12.3. The summed E-state index contributed by atoms with van der Waals surface area (Å²) in [5, 5.41) is 10.0. The lowest BCUT2D eigenvalue weighted by Gasteiger charge is -2.08. The monoisotopic (exact) mass is 245 g/mol. The first-order valence-electron chi connectivity index (χ1n) is 5.85. The van der Waals surface area contributed by atoms with E-state index in [9.17, 15) is 9.59 Å². The van der Waals surface area contributed by atoms with E-state index in [1.54, 1.807) is 24.3 Å². The molecule has 2 aromatic rings. The molecule has 0 unspecified atom stereocenters. The van der Waals surface area contributed by atoms with Crippen LogP contribution in [0.5, 0.6) is 0 Å². The van der Waals surface area contributed by atoms with Crippen molar-refractivity contribution in [1.82, 2.24) is 15.5 Å². The lowest BCUT2D eigenvalue weighted by molar-refractivity contribution is 0.0945. The van der Waals surface area contributed by atoms with Crippen molar-refractivity contribution in [3.63, 3.8) is 0 Å². The maximum absolute atomic E-state index is 12.0. The fraction of sp³-hybridized carbons (Fsp3) is 0.308. The summed E-state index contributed by atoms with van der Waals surface area (Å²) in [7, 11) is 0. The number of benzene rings is 1. The number of carbonyl (C=O) groups excluding carboxylic acids is 1. The van der Waals surface area contributed by atoms with Crippen molar-refractivity contribution in [3.05, 3.63) is 40.3 Å². The van der Waals surface area contributed by atoms with Crippen LogP contribution >= 0.6 is 0 Å². The Morgan fingerprint density at radius 3 is 2.67 bits per heavy atom. The molecule has 1 aromatic carbocycles. The molecule has 2 rings (SSSR count). The average molecular weight is 245 g/mol. The number of rotatable bonds is 3. The molecule has 0 aliphatic carbocycles. The van der Waals surface area contributed by atoms with Crippen molar-refractivity contribution >= 4 is 16.7 Å². The summed E-state index contributed by atoms with van der Waals surface area (Å²) in [5.74, 6) is 0.0964. The van der Waals surface area contributed by atoms with E-state index in [0.717, 1.165) is 0 Å². The summed E-state index contributed by atoms with van der Waals surface area (Å²) in [6.45, 7) is 4.60. The summed E-state index contributed by atoms with van der Waals surface area (Å²) in [6.07, 6.45) is 0. The molecule has 0 saturated carbocycles. The van der Waals surface area contributed by atoms with Crippen molar-refractivity contribution in [1.29, 1.82) is 0 Å². The van der Waals surface area contributed by atoms with Crippen molar-refractivity contribution in [2.45, 2.75) is 13.8 Å². The van der Waals surface area contributed by atoms with E-state index in [0.29, 0.717) is 23.2 Å². The molecule has 0 bridgehead atoms. The normalized spacial score (nSPS) is 10.8. The molecular formula is C13H15N3O2. The molecular weight excluding hydrogens is 230 g/mol. The fourth-order valence-electron chi connectivity index (χ4n) is 1.67. The second kappa shape index (κ2) is 5.00. The SMILES string of the molecule is CC(C)CNC(=O)c1n[nH]c(=O)c2ccccc12. The van der Waals surface area contributed by atoms with E-state index in [1.807, 2.05) is 13.8 Å². The number of amides is 1. The minimum atomic E-state index is -0.286. The Balaban J connectivity index is 2.43. The van der Waals surface area contributed by atoms with Gasteiger partial charge in [-0.05, 0) is 12.0 Å². The first-order valence-corrected chi connectivity index (χ1v) is 5.85. The van der Waals surface area contributed by atoms with Crippen molar-refractivity contribution < 1.29 is 4.79 Å². The molecule has 5 heteroatoms. The Morgan fingerprint density at radius 1 is 1.33 bits per heavy atom. The van der Waals surface area contributed by atoms with Gasteiger partial charge in [0.05, 0.1) is 5.39 Å². The van der Waals surface area contributed by atoms with E-state index in [4.69, 9.17) is 0 Å². The van der Waals surface area contributed by atoms with Gasteiger partial charge in [-0.2, -0.15) is 5.10 Å². The van der Waals surface area contributed by atoms with Gasteiger partial charge in [0, 0.05) is 11.9 Å². The van der Waals surface area contributed by atoms with Crippen molar-refractivity contribution in [2.24, 2.45) is 5.92 Å². The summed E-state index contributed by atoms with van der Waals surface area (Å²) < 4.78 is 0. The molecule has 5 nitrogen and oxygen atoms in total. The summed E-state index contributed by atoms with van der Waals surface area (Å²) >= 11 is 0. The second-order valence-electron chi connectivity index (χ2n) is 4.55. The van der Waals surface area contributed by atoms with Gasteiger partial charge in [-0.15, -0.1) is 0 Å².